The number of ether oxygens (including phenoxy) is 2. The number of aryl methyl sites for hydroxylation is 1. The van der Waals surface area contributed by atoms with Crippen LogP contribution < -0.4 is 4.74 Å². The number of hydrogen-bond donors (Lipinski definition) is 0. The van der Waals surface area contributed by atoms with Crippen LogP contribution in [0.4, 0.5) is 0 Å². The summed E-state index contributed by atoms with van der Waals surface area (Å²) < 4.78 is 10.8. The van der Waals surface area contributed by atoms with Crippen molar-refractivity contribution in [2.75, 3.05) is 13.2 Å². The molecule has 0 saturated carbocycles. The van der Waals surface area contributed by atoms with Gasteiger partial charge in [0.2, 0.25) is 0 Å². The Morgan fingerprint density at radius 1 is 0.958 bits per heavy atom. The molecule has 0 aliphatic carbocycles. The minimum absolute atomic E-state index is 0.331. The van der Waals surface area contributed by atoms with Gasteiger partial charge in [-0.15, -0.1) is 0 Å². The molecule has 1 heterocycles. The maximum Gasteiger partial charge on any atom is 0.119 e. The molecule has 0 bridgehead atoms. The number of allylic oxidation sites excluding steroid dienone is 2. The van der Waals surface area contributed by atoms with E-state index in [0.717, 1.165) is 12.4 Å². The number of rotatable bonds is 14. The van der Waals surface area contributed by atoms with E-state index in [4.69, 9.17) is 9.47 Å². The SMILES string of the molecule is CC/C=C/CCCCCCCCCc1ccc(OCC2CO2)cc1. The minimum Gasteiger partial charge on any atom is -0.491 e. The van der Waals surface area contributed by atoms with Crippen LogP contribution in [0, 0.1) is 0 Å². The second-order valence-electron chi connectivity index (χ2n) is 6.80. The average Bonchev–Trinajstić information content (AvgIpc) is 3.43. The van der Waals surface area contributed by atoms with Crippen molar-refractivity contribution in [2.45, 2.75) is 77.2 Å². The number of hydrogen-bond acceptors (Lipinski definition) is 2. The molecule has 2 rings (SSSR count). The van der Waals surface area contributed by atoms with Crippen LogP contribution in [0.5, 0.6) is 5.75 Å². The van der Waals surface area contributed by atoms with Gasteiger partial charge >= 0.3 is 0 Å². The lowest BCUT2D eigenvalue weighted by molar-refractivity contribution is 0.263. The second kappa shape index (κ2) is 12.1. The van der Waals surface area contributed by atoms with Gasteiger partial charge in [-0.3, -0.25) is 0 Å². The molecule has 1 aliphatic rings. The fraction of sp³-hybridized carbons (Fsp3) is 0.636. The number of unbranched alkanes of at least 4 members (excludes halogenated alkanes) is 7. The van der Waals surface area contributed by atoms with Crippen LogP contribution in [0.15, 0.2) is 36.4 Å². The minimum atomic E-state index is 0.331. The first-order chi connectivity index (χ1) is 11.9. The van der Waals surface area contributed by atoms with E-state index in [2.05, 4.69) is 43.3 Å². The zero-order valence-corrected chi connectivity index (χ0v) is 15.3. The Bertz CT molecular complexity index is 446. The summed E-state index contributed by atoms with van der Waals surface area (Å²) in [6.45, 7) is 3.74. The largest absolute Gasteiger partial charge is 0.491 e. The zero-order valence-electron chi connectivity index (χ0n) is 15.3. The number of epoxide rings is 1. The Balaban J connectivity index is 1.42. The molecule has 1 fully saturated rings. The van der Waals surface area contributed by atoms with Crippen molar-refractivity contribution in [1.29, 1.82) is 0 Å². The summed E-state index contributed by atoms with van der Waals surface area (Å²) in [6, 6.07) is 8.58. The van der Waals surface area contributed by atoms with Crippen LogP contribution in [0.2, 0.25) is 0 Å². The molecule has 1 atom stereocenters. The molecule has 2 heteroatoms. The van der Waals surface area contributed by atoms with Crippen molar-refractivity contribution in [3.8, 4) is 5.75 Å². The lowest BCUT2D eigenvalue weighted by Gasteiger charge is -2.06. The Kier molecular flexibility index (Phi) is 9.63. The molecule has 1 aliphatic heterocycles. The van der Waals surface area contributed by atoms with Gasteiger partial charge in [-0.25, -0.2) is 0 Å². The Morgan fingerprint density at radius 2 is 1.62 bits per heavy atom. The van der Waals surface area contributed by atoms with E-state index >= 15 is 0 Å². The number of benzene rings is 1. The molecule has 0 amide bonds. The van der Waals surface area contributed by atoms with Gasteiger partial charge in [-0.05, 0) is 49.8 Å². The normalized spacial score (nSPS) is 16.6. The quantitative estimate of drug-likeness (QED) is 0.234. The van der Waals surface area contributed by atoms with E-state index in [1.807, 2.05) is 0 Å². The molecular weight excluding hydrogens is 296 g/mol. The standard InChI is InChI=1S/C22H34O2/c1-2-3-4-5-6-7-8-9-10-11-12-13-20-14-16-21(17-15-20)23-18-22-19-24-22/h3-4,14-17,22H,2,5-13,18-19H2,1H3/b4-3+. The summed E-state index contributed by atoms with van der Waals surface area (Å²) in [5, 5.41) is 0. The van der Waals surface area contributed by atoms with Gasteiger partial charge in [0, 0.05) is 0 Å². The molecule has 2 nitrogen and oxygen atoms in total. The van der Waals surface area contributed by atoms with Crippen LogP contribution in [-0.4, -0.2) is 19.3 Å². The first-order valence-corrected chi connectivity index (χ1v) is 9.87. The van der Waals surface area contributed by atoms with E-state index in [0.29, 0.717) is 12.7 Å². The lowest BCUT2D eigenvalue weighted by Crippen LogP contribution is -2.03. The maximum atomic E-state index is 5.67. The van der Waals surface area contributed by atoms with Crippen molar-refractivity contribution in [3.05, 3.63) is 42.0 Å². The molecule has 1 unspecified atom stereocenters. The summed E-state index contributed by atoms with van der Waals surface area (Å²) in [5.41, 5.74) is 1.42. The average molecular weight is 331 g/mol. The lowest BCUT2D eigenvalue weighted by atomic mass is 10.0. The first kappa shape index (κ1) is 19.1. The third-order valence-corrected chi connectivity index (χ3v) is 4.50. The predicted octanol–water partition coefficient (Wildman–Crippen LogP) is 6.09. The van der Waals surface area contributed by atoms with Crippen LogP contribution >= 0.6 is 0 Å². The van der Waals surface area contributed by atoms with Crippen LogP contribution in [-0.2, 0) is 11.2 Å². The van der Waals surface area contributed by atoms with E-state index < -0.39 is 0 Å². The van der Waals surface area contributed by atoms with Crippen molar-refractivity contribution in [3.63, 3.8) is 0 Å². The molecule has 0 aromatic heterocycles. The summed E-state index contributed by atoms with van der Waals surface area (Å²) >= 11 is 0. The Morgan fingerprint density at radius 3 is 2.29 bits per heavy atom. The maximum absolute atomic E-state index is 5.67. The van der Waals surface area contributed by atoms with Crippen molar-refractivity contribution in [2.24, 2.45) is 0 Å². The highest BCUT2D eigenvalue weighted by Crippen LogP contribution is 2.17. The van der Waals surface area contributed by atoms with E-state index in [-0.39, 0.29) is 0 Å². The van der Waals surface area contributed by atoms with Gasteiger partial charge in [-0.1, -0.05) is 63.3 Å². The third kappa shape index (κ3) is 9.12. The summed E-state index contributed by atoms with van der Waals surface area (Å²) in [5.74, 6) is 0.961. The fourth-order valence-electron chi connectivity index (χ4n) is 2.87. The Hall–Kier alpha value is -1.28. The smallest absolute Gasteiger partial charge is 0.119 e. The molecule has 0 spiro atoms. The summed E-state index contributed by atoms with van der Waals surface area (Å²) in [7, 11) is 0. The van der Waals surface area contributed by atoms with Gasteiger partial charge in [0.15, 0.2) is 0 Å². The molecule has 0 N–H and O–H groups in total. The third-order valence-electron chi connectivity index (χ3n) is 4.50. The fourth-order valence-corrected chi connectivity index (χ4v) is 2.87. The highest BCUT2D eigenvalue weighted by Gasteiger charge is 2.22. The molecule has 1 aromatic carbocycles. The molecule has 0 radical (unpaired) electrons. The van der Waals surface area contributed by atoms with E-state index in [9.17, 15) is 0 Å². The molecule has 24 heavy (non-hydrogen) atoms. The summed E-state index contributed by atoms with van der Waals surface area (Å²) in [6.07, 6.45) is 18.1. The monoisotopic (exact) mass is 330 g/mol. The Labute approximate surface area is 148 Å². The summed E-state index contributed by atoms with van der Waals surface area (Å²) in [4.78, 5) is 0. The highest BCUT2D eigenvalue weighted by atomic mass is 16.6. The van der Waals surface area contributed by atoms with Gasteiger partial charge in [0.25, 0.3) is 0 Å². The van der Waals surface area contributed by atoms with Gasteiger partial charge in [0.1, 0.15) is 18.5 Å². The highest BCUT2D eigenvalue weighted by molar-refractivity contribution is 5.27. The molecule has 134 valence electrons. The molecule has 1 aromatic rings. The predicted molar refractivity (Wildman–Crippen MR) is 102 cm³/mol. The van der Waals surface area contributed by atoms with E-state index in [1.165, 1.54) is 69.8 Å². The van der Waals surface area contributed by atoms with Crippen LogP contribution in [0.1, 0.15) is 70.3 Å². The van der Waals surface area contributed by atoms with Crippen LogP contribution in [0.3, 0.4) is 0 Å². The first-order valence-electron chi connectivity index (χ1n) is 9.87. The van der Waals surface area contributed by atoms with Crippen molar-refractivity contribution in [1.82, 2.24) is 0 Å². The topological polar surface area (TPSA) is 21.8 Å². The van der Waals surface area contributed by atoms with E-state index in [1.54, 1.807) is 0 Å². The van der Waals surface area contributed by atoms with Gasteiger partial charge < -0.3 is 9.47 Å². The second-order valence-corrected chi connectivity index (χ2v) is 6.80. The van der Waals surface area contributed by atoms with Crippen LogP contribution in [0.25, 0.3) is 0 Å². The van der Waals surface area contributed by atoms with Gasteiger partial charge in [-0.2, -0.15) is 0 Å². The van der Waals surface area contributed by atoms with Gasteiger partial charge in [0.05, 0.1) is 6.61 Å². The zero-order chi connectivity index (χ0) is 16.9. The molecular formula is C22H34O2. The van der Waals surface area contributed by atoms with Crippen molar-refractivity contribution >= 4 is 0 Å². The molecule has 1 saturated heterocycles. The van der Waals surface area contributed by atoms with Crippen molar-refractivity contribution < 1.29 is 9.47 Å².